The number of aromatic nitrogens is 2. The van der Waals surface area contributed by atoms with Gasteiger partial charge in [0.2, 0.25) is 5.01 Å². The fourth-order valence-corrected chi connectivity index (χ4v) is 4.00. The van der Waals surface area contributed by atoms with E-state index < -0.39 is 6.10 Å². The third-order valence-electron chi connectivity index (χ3n) is 5.07. The van der Waals surface area contributed by atoms with Gasteiger partial charge in [0, 0.05) is 18.3 Å². The Kier molecular flexibility index (Phi) is 6.55. The highest BCUT2D eigenvalue weighted by atomic mass is 32.1. The number of aliphatic hydroxyl groups is 1. The number of amides is 1. The third kappa shape index (κ3) is 5.63. The molecule has 1 saturated carbocycles. The van der Waals surface area contributed by atoms with Gasteiger partial charge in [-0.1, -0.05) is 23.5 Å². The molecule has 3 aromatic rings. The molecular weight excluding hydrogens is 419 g/mol. The zero-order valence-electron chi connectivity index (χ0n) is 17.0. The van der Waals surface area contributed by atoms with Crippen molar-refractivity contribution in [3.63, 3.8) is 0 Å². The quantitative estimate of drug-likeness (QED) is 0.526. The van der Waals surface area contributed by atoms with Crippen LogP contribution in [0.1, 0.15) is 39.3 Å². The van der Waals surface area contributed by atoms with Crippen LogP contribution in [0.4, 0.5) is 10.1 Å². The first-order valence-electron chi connectivity index (χ1n) is 9.97. The molecule has 7 nitrogen and oxygen atoms in total. The maximum atomic E-state index is 13.1. The minimum atomic E-state index is -0.730. The van der Waals surface area contributed by atoms with E-state index in [1.165, 1.54) is 23.5 Å². The number of ether oxygens (including phenoxy) is 1. The van der Waals surface area contributed by atoms with Crippen LogP contribution in [-0.4, -0.2) is 45.8 Å². The Morgan fingerprint density at radius 2 is 1.94 bits per heavy atom. The summed E-state index contributed by atoms with van der Waals surface area (Å²) in [5, 5.41) is 22.5. The van der Waals surface area contributed by atoms with Crippen LogP contribution < -0.4 is 10.1 Å². The molecule has 1 amide bonds. The standard InChI is InChI=1S/C22H23FN4O3S/c1-30-18-10-6-16(7-11-18)24-21(29)22-26-25-20(31-22)13-27(17-8-9-17)12-19(28)14-2-4-15(23)5-3-14/h2-7,10-11,17,19,28H,8-9,12-13H2,1H3,(H,24,29). The van der Waals surface area contributed by atoms with Crippen molar-refractivity contribution in [2.24, 2.45) is 0 Å². The number of benzene rings is 2. The topological polar surface area (TPSA) is 87.6 Å². The SMILES string of the molecule is COc1ccc(NC(=O)c2nnc(CN(CC(O)c3ccc(F)cc3)C3CC3)s2)cc1. The highest BCUT2D eigenvalue weighted by Gasteiger charge is 2.31. The number of nitrogens with zero attached hydrogens (tertiary/aromatic N) is 3. The number of aliphatic hydroxyl groups excluding tert-OH is 1. The lowest BCUT2D eigenvalue weighted by atomic mass is 10.1. The molecule has 2 N–H and O–H groups in total. The smallest absolute Gasteiger partial charge is 0.286 e. The van der Waals surface area contributed by atoms with Crippen molar-refractivity contribution >= 4 is 22.9 Å². The average molecular weight is 443 g/mol. The van der Waals surface area contributed by atoms with Crippen LogP contribution in [0.15, 0.2) is 48.5 Å². The molecule has 0 spiro atoms. The van der Waals surface area contributed by atoms with Gasteiger partial charge >= 0.3 is 0 Å². The Bertz CT molecular complexity index is 1020. The van der Waals surface area contributed by atoms with Gasteiger partial charge in [-0.05, 0) is 54.8 Å². The zero-order valence-corrected chi connectivity index (χ0v) is 17.8. The summed E-state index contributed by atoms with van der Waals surface area (Å²) < 4.78 is 18.2. The number of carbonyl (C=O) groups excluding carboxylic acids is 1. The molecule has 31 heavy (non-hydrogen) atoms. The van der Waals surface area contributed by atoms with Crippen molar-refractivity contribution in [2.45, 2.75) is 31.5 Å². The van der Waals surface area contributed by atoms with E-state index in [2.05, 4.69) is 20.4 Å². The van der Waals surface area contributed by atoms with Gasteiger partial charge in [-0.15, -0.1) is 10.2 Å². The molecule has 2 aromatic carbocycles. The van der Waals surface area contributed by atoms with Crippen molar-refractivity contribution < 1.29 is 19.0 Å². The lowest BCUT2D eigenvalue weighted by Gasteiger charge is -2.24. The van der Waals surface area contributed by atoms with Crippen molar-refractivity contribution in [3.8, 4) is 5.75 Å². The maximum Gasteiger partial charge on any atom is 0.286 e. The third-order valence-corrected chi connectivity index (χ3v) is 5.98. The molecule has 0 radical (unpaired) electrons. The lowest BCUT2D eigenvalue weighted by Crippen LogP contribution is -2.30. The highest BCUT2D eigenvalue weighted by Crippen LogP contribution is 2.31. The molecule has 0 aliphatic heterocycles. The molecule has 1 fully saturated rings. The number of hydrogen-bond acceptors (Lipinski definition) is 7. The lowest BCUT2D eigenvalue weighted by molar-refractivity contribution is 0.102. The van der Waals surface area contributed by atoms with Gasteiger partial charge < -0.3 is 15.2 Å². The predicted molar refractivity (Wildman–Crippen MR) is 116 cm³/mol. The Balaban J connectivity index is 1.37. The summed E-state index contributed by atoms with van der Waals surface area (Å²) in [4.78, 5) is 14.6. The van der Waals surface area contributed by atoms with Crippen molar-refractivity contribution in [2.75, 3.05) is 19.0 Å². The number of carbonyl (C=O) groups is 1. The molecule has 9 heteroatoms. The minimum Gasteiger partial charge on any atom is -0.497 e. The second-order valence-corrected chi connectivity index (χ2v) is 8.47. The van der Waals surface area contributed by atoms with Crippen LogP contribution in [0, 0.1) is 5.82 Å². The van der Waals surface area contributed by atoms with E-state index in [0.717, 1.165) is 12.8 Å². The van der Waals surface area contributed by atoms with Gasteiger partial charge in [-0.2, -0.15) is 0 Å². The molecular formula is C22H23FN4O3S. The fourth-order valence-electron chi connectivity index (χ4n) is 3.24. The normalized spacial score (nSPS) is 14.5. The Labute approximate surface area is 183 Å². The molecule has 1 unspecified atom stereocenters. The minimum absolute atomic E-state index is 0.278. The summed E-state index contributed by atoms with van der Waals surface area (Å²) >= 11 is 1.23. The average Bonchev–Trinajstić information content (AvgIpc) is 3.52. The van der Waals surface area contributed by atoms with Crippen molar-refractivity contribution in [1.82, 2.24) is 15.1 Å². The maximum absolute atomic E-state index is 13.1. The van der Waals surface area contributed by atoms with Gasteiger partial charge in [0.1, 0.15) is 16.6 Å². The molecule has 1 aliphatic carbocycles. The Hall–Kier alpha value is -2.88. The zero-order chi connectivity index (χ0) is 21.8. The molecule has 0 bridgehead atoms. The molecule has 162 valence electrons. The second kappa shape index (κ2) is 9.51. The van der Waals surface area contributed by atoms with Gasteiger partial charge in [0.25, 0.3) is 5.91 Å². The number of anilines is 1. The summed E-state index contributed by atoms with van der Waals surface area (Å²) in [5.74, 6) is 0.0572. The number of methoxy groups -OCH3 is 1. The van der Waals surface area contributed by atoms with Gasteiger partial charge in [-0.25, -0.2) is 4.39 Å². The predicted octanol–water partition coefficient (Wildman–Crippen LogP) is 3.64. The Morgan fingerprint density at radius 1 is 1.23 bits per heavy atom. The summed E-state index contributed by atoms with van der Waals surface area (Å²) in [6.07, 6.45) is 1.38. The van der Waals surface area contributed by atoms with Crippen LogP contribution in [0.5, 0.6) is 5.75 Å². The molecule has 1 heterocycles. The van der Waals surface area contributed by atoms with E-state index in [0.29, 0.717) is 41.1 Å². The summed E-state index contributed by atoms with van der Waals surface area (Å²) in [6, 6.07) is 13.3. The van der Waals surface area contributed by atoms with E-state index in [9.17, 15) is 14.3 Å². The van der Waals surface area contributed by atoms with Crippen molar-refractivity contribution in [1.29, 1.82) is 0 Å². The summed E-state index contributed by atoms with van der Waals surface area (Å²) in [5.41, 5.74) is 1.31. The van der Waals surface area contributed by atoms with E-state index in [-0.39, 0.29) is 16.7 Å². The number of halogens is 1. The monoisotopic (exact) mass is 442 g/mol. The van der Waals surface area contributed by atoms with Crippen LogP contribution in [-0.2, 0) is 6.54 Å². The number of rotatable bonds is 9. The molecule has 1 aromatic heterocycles. The van der Waals surface area contributed by atoms with Crippen LogP contribution in [0.25, 0.3) is 0 Å². The van der Waals surface area contributed by atoms with Crippen molar-refractivity contribution in [3.05, 3.63) is 69.9 Å². The number of nitrogens with one attached hydrogen (secondary N) is 1. The van der Waals surface area contributed by atoms with E-state index in [1.807, 2.05) is 0 Å². The molecule has 1 atom stereocenters. The van der Waals surface area contributed by atoms with E-state index in [4.69, 9.17) is 4.74 Å². The van der Waals surface area contributed by atoms with E-state index >= 15 is 0 Å². The highest BCUT2D eigenvalue weighted by molar-refractivity contribution is 7.13. The first kappa shape index (κ1) is 21.4. The molecule has 4 rings (SSSR count). The van der Waals surface area contributed by atoms with Gasteiger partial charge in [-0.3, -0.25) is 9.69 Å². The molecule has 0 saturated heterocycles. The van der Waals surface area contributed by atoms with Crippen LogP contribution in [0.2, 0.25) is 0 Å². The summed E-state index contributed by atoms with van der Waals surface area (Å²) in [6.45, 7) is 0.902. The van der Waals surface area contributed by atoms with E-state index in [1.54, 1.807) is 43.5 Å². The second-order valence-electron chi connectivity index (χ2n) is 7.41. The number of hydrogen-bond donors (Lipinski definition) is 2. The largest absolute Gasteiger partial charge is 0.497 e. The first-order valence-corrected chi connectivity index (χ1v) is 10.8. The Morgan fingerprint density at radius 3 is 2.58 bits per heavy atom. The van der Waals surface area contributed by atoms with Crippen LogP contribution in [0.3, 0.4) is 0 Å². The van der Waals surface area contributed by atoms with Crippen LogP contribution >= 0.6 is 11.3 Å². The first-order chi connectivity index (χ1) is 15.0. The fraction of sp³-hybridized carbons (Fsp3) is 0.318. The van der Waals surface area contributed by atoms with Gasteiger partial charge in [0.05, 0.1) is 19.8 Å². The summed E-state index contributed by atoms with van der Waals surface area (Å²) in [7, 11) is 1.58. The molecule has 1 aliphatic rings. The van der Waals surface area contributed by atoms with Gasteiger partial charge in [0.15, 0.2) is 0 Å².